The molecule has 0 atom stereocenters. The zero-order valence-corrected chi connectivity index (χ0v) is 6.97. The van der Waals surface area contributed by atoms with Gasteiger partial charge in [0, 0.05) is 14.1 Å². The molecule has 2 nitrogen and oxygen atoms in total. The summed E-state index contributed by atoms with van der Waals surface area (Å²) in [6, 6.07) is 0. The summed E-state index contributed by atoms with van der Waals surface area (Å²) in [6.45, 7) is 6.23. The summed E-state index contributed by atoms with van der Waals surface area (Å²) in [5, 5.41) is 0. The topological polar surface area (TPSA) is 15.6 Å². The Hall–Kier alpha value is -0.530. The fraction of sp³-hybridized carbons (Fsp3) is 0.857. The van der Waals surface area contributed by atoms with Gasteiger partial charge < -0.3 is 4.90 Å². The van der Waals surface area contributed by atoms with Crippen molar-refractivity contribution in [1.29, 1.82) is 0 Å². The summed E-state index contributed by atoms with van der Waals surface area (Å²) in [4.78, 5) is 6.19. The Kier molecular flexibility index (Phi) is 2.68. The predicted octanol–water partition coefficient (Wildman–Crippen LogP) is 1.37. The summed E-state index contributed by atoms with van der Waals surface area (Å²) >= 11 is 0. The van der Waals surface area contributed by atoms with Gasteiger partial charge in [0.1, 0.15) is 0 Å². The van der Waals surface area contributed by atoms with Crippen LogP contribution in [0.4, 0.5) is 0 Å². The fourth-order valence-corrected chi connectivity index (χ4v) is 0.289. The maximum atomic E-state index is 4.26. The molecule has 0 saturated carbocycles. The number of rotatable bonds is 1. The van der Waals surface area contributed by atoms with Gasteiger partial charge in [0.25, 0.3) is 0 Å². The third-order valence-electron chi connectivity index (χ3n) is 0.676. The Balaban J connectivity index is 3.71. The van der Waals surface area contributed by atoms with Crippen LogP contribution in [0.3, 0.4) is 0 Å². The molecule has 0 radical (unpaired) electrons. The molecule has 0 aliphatic heterocycles. The smallest absolute Gasteiger partial charge is 0.0851 e. The molecule has 0 fully saturated rings. The minimum Gasteiger partial charge on any atom is -0.369 e. The van der Waals surface area contributed by atoms with E-state index >= 15 is 0 Å². The molecule has 2 heteroatoms. The molecule has 0 rings (SSSR count). The lowest BCUT2D eigenvalue weighted by molar-refractivity contribution is 0.559. The second-order valence-corrected chi connectivity index (χ2v) is 3.38. The number of aliphatic imine (C=N–C) groups is 1. The lowest BCUT2D eigenvalue weighted by Gasteiger charge is -2.12. The van der Waals surface area contributed by atoms with Gasteiger partial charge in [0.15, 0.2) is 0 Å². The lowest BCUT2D eigenvalue weighted by Crippen LogP contribution is -2.15. The molecule has 9 heavy (non-hydrogen) atoms. The second kappa shape index (κ2) is 2.85. The molecule has 0 aromatic heterocycles. The molecule has 0 spiro atoms. The van der Waals surface area contributed by atoms with Crippen molar-refractivity contribution in [3.8, 4) is 0 Å². The van der Waals surface area contributed by atoms with Crippen LogP contribution < -0.4 is 0 Å². The molecular weight excluding hydrogens is 112 g/mol. The average Bonchev–Trinajstić information content (AvgIpc) is 1.59. The summed E-state index contributed by atoms with van der Waals surface area (Å²) < 4.78 is 0. The van der Waals surface area contributed by atoms with E-state index in [-0.39, 0.29) is 5.54 Å². The van der Waals surface area contributed by atoms with E-state index in [0.29, 0.717) is 0 Å². The summed E-state index contributed by atoms with van der Waals surface area (Å²) in [5.41, 5.74) is 0.0598. The van der Waals surface area contributed by atoms with Gasteiger partial charge in [-0.15, -0.1) is 0 Å². The van der Waals surface area contributed by atoms with Crippen LogP contribution in [0.2, 0.25) is 0 Å². The molecule has 0 aromatic carbocycles. The monoisotopic (exact) mass is 128 g/mol. The van der Waals surface area contributed by atoms with E-state index in [4.69, 9.17) is 0 Å². The van der Waals surface area contributed by atoms with Crippen LogP contribution in [0.1, 0.15) is 20.8 Å². The highest BCUT2D eigenvalue weighted by atomic mass is 15.1. The molecule has 0 aromatic rings. The van der Waals surface area contributed by atoms with E-state index in [1.807, 2.05) is 25.3 Å². The maximum Gasteiger partial charge on any atom is 0.0851 e. The number of hydrogen-bond donors (Lipinski definition) is 0. The van der Waals surface area contributed by atoms with Crippen LogP contribution in [0.15, 0.2) is 4.99 Å². The van der Waals surface area contributed by atoms with E-state index < -0.39 is 0 Å². The zero-order chi connectivity index (χ0) is 7.49. The third-order valence-corrected chi connectivity index (χ3v) is 0.676. The Bertz CT molecular complexity index is 98.0. The van der Waals surface area contributed by atoms with Crippen molar-refractivity contribution in [3.63, 3.8) is 0 Å². The minimum absolute atomic E-state index is 0.0598. The quantitative estimate of drug-likeness (QED) is 0.385. The normalized spacial score (nSPS) is 12.6. The molecule has 0 aliphatic carbocycles. The first-order valence-electron chi connectivity index (χ1n) is 3.13. The van der Waals surface area contributed by atoms with E-state index in [9.17, 15) is 0 Å². The fourth-order valence-electron chi connectivity index (χ4n) is 0.289. The van der Waals surface area contributed by atoms with Crippen molar-refractivity contribution in [2.24, 2.45) is 4.99 Å². The molecule has 0 heterocycles. The lowest BCUT2D eigenvalue weighted by atomic mass is 10.1. The summed E-state index contributed by atoms with van der Waals surface area (Å²) in [5.74, 6) is 0. The van der Waals surface area contributed by atoms with E-state index in [0.717, 1.165) is 0 Å². The Morgan fingerprint density at radius 1 is 1.22 bits per heavy atom. The molecule has 0 amide bonds. The van der Waals surface area contributed by atoms with Crippen LogP contribution in [-0.2, 0) is 0 Å². The van der Waals surface area contributed by atoms with E-state index in [1.54, 1.807) is 0 Å². The van der Waals surface area contributed by atoms with Gasteiger partial charge in [-0.05, 0) is 20.8 Å². The third kappa shape index (κ3) is 7.47. The first-order valence-corrected chi connectivity index (χ1v) is 3.13. The predicted molar refractivity (Wildman–Crippen MR) is 41.9 cm³/mol. The highest BCUT2D eigenvalue weighted by molar-refractivity contribution is 5.54. The van der Waals surface area contributed by atoms with Crippen molar-refractivity contribution in [3.05, 3.63) is 0 Å². The SMILES string of the molecule is CN(C)C=NC(C)(C)C. The van der Waals surface area contributed by atoms with Gasteiger partial charge in [-0.2, -0.15) is 0 Å². The summed E-state index contributed by atoms with van der Waals surface area (Å²) in [7, 11) is 3.94. The van der Waals surface area contributed by atoms with Crippen molar-refractivity contribution in [2.75, 3.05) is 14.1 Å². The van der Waals surface area contributed by atoms with Crippen molar-refractivity contribution < 1.29 is 0 Å². The van der Waals surface area contributed by atoms with Crippen molar-refractivity contribution in [2.45, 2.75) is 26.3 Å². The molecular formula is C7H16N2. The minimum atomic E-state index is 0.0598. The Morgan fingerprint density at radius 2 is 1.67 bits per heavy atom. The zero-order valence-electron chi connectivity index (χ0n) is 6.97. The highest BCUT2D eigenvalue weighted by Gasteiger charge is 2.03. The second-order valence-electron chi connectivity index (χ2n) is 3.38. The molecule has 0 N–H and O–H groups in total. The molecule has 54 valence electrons. The van der Waals surface area contributed by atoms with Crippen LogP contribution in [0, 0.1) is 0 Å². The molecule has 0 aliphatic rings. The van der Waals surface area contributed by atoms with Crippen LogP contribution in [0.5, 0.6) is 0 Å². The number of nitrogens with zero attached hydrogens (tertiary/aromatic N) is 2. The largest absolute Gasteiger partial charge is 0.369 e. The van der Waals surface area contributed by atoms with Gasteiger partial charge in [-0.1, -0.05) is 0 Å². The van der Waals surface area contributed by atoms with E-state index in [2.05, 4.69) is 25.8 Å². The molecule has 0 unspecified atom stereocenters. The Labute approximate surface area is 57.6 Å². The highest BCUT2D eigenvalue weighted by Crippen LogP contribution is 2.04. The van der Waals surface area contributed by atoms with Gasteiger partial charge >= 0.3 is 0 Å². The standard InChI is InChI=1S/C7H16N2/c1-7(2,3)8-6-9(4)5/h6H,1-5H3. The van der Waals surface area contributed by atoms with Gasteiger partial charge in [0.2, 0.25) is 0 Å². The average molecular weight is 128 g/mol. The van der Waals surface area contributed by atoms with Crippen molar-refractivity contribution >= 4 is 6.34 Å². The van der Waals surface area contributed by atoms with Gasteiger partial charge in [-0.3, -0.25) is 4.99 Å². The molecule has 0 saturated heterocycles. The summed E-state index contributed by atoms with van der Waals surface area (Å²) in [6.07, 6.45) is 1.83. The first-order chi connectivity index (χ1) is 3.92. The number of hydrogen-bond acceptors (Lipinski definition) is 1. The molecule has 0 bridgehead atoms. The van der Waals surface area contributed by atoms with E-state index in [1.165, 1.54) is 0 Å². The maximum absolute atomic E-state index is 4.26. The van der Waals surface area contributed by atoms with Crippen molar-refractivity contribution in [1.82, 2.24) is 4.90 Å². The van der Waals surface area contributed by atoms with Crippen LogP contribution in [-0.4, -0.2) is 30.9 Å². The van der Waals surface area contributed by atoms with Crippen LogP contribution >= 0.6 is 0 Å². The Morgan fingerprint density at radius 3 is 1.78 bits per heavy atom. The van der Waals surface area contributed by atoms with Crippen LogP contribution in [0.25, 0.3) is 0 Å². The van der Waals surface area contributed by atoms with Gasteiger partial charge in [-0.25, -0.2) is 0 Å². The first kappa shape index (κ1) is 8.47. The van der Waals surface area contributed by atoms with Gasteiger partial charge in [0.05, 0.1) is 11.9 Å².